The van der Waals surface area contributed by atoms with E-state index >= 15 is 0 Å². The Hall–Kier alpha value is -3.93. The largest absolute Gasteiger partial charge is 0.437 e. The Balaban J connectivity index is 1.72. The molecule has 2 N–H and O–H groups in total. The lowest BCUT2D eigenvalue weighted by Gasteiger charge is -2.24. The molecule has 0 aliphatic heterocycles. The second-order valence-electron chi connectivity index (χ2n) is 7.02. The summed E-state index contributed by atoms with van der Waals surface area (Å²) in [5.41, 5.74) is 10.3. The van der Waals surface area contributed by atoms with Crippen LogP contribution in [0.15, 0.2) is 79.3 Å². The number of hydrogen-bond donors (Lipinski definition) is 1. The molecule has 6 heteroatoms. The van der Waals surface area contributed by atoms with Crippen LogP contribution in [0, 0.1) is 13.8 Å². The van der Waals surface area contributed by atoms with Crippen molar-refractivity contribution in [1.29, 1.82) is 0 Å². The third-order valence-corrected chi connectivity index (χ3v) is 4.88. The van der Waals surface area contributed by atoms with E-state index in [9.17, 15) is 0 Å². The fourth-order valence-corrected chi connectivity index (χ4v) is 3.10. The van der Waals surface area contributed by atoms with Gasteiger partial charge in [-0.2, -0.15) is 4.98 Å². The molecule has 0 bridgehead atoms. The molecule has 0 aliphatic carbocycles. The summed E-state index contributed by atoms with van der Waals surface area (Å²) in [6.07, 6.45) is 3.21. The van der Waals surface area contributed by atoms with Crippen LogP contribution in [0.25, 0.3) is 0 Å². The summed E-state index contributed by atoms with van der Waals surface area (Å²) in [7, 11) is 0. The fraction of sp³-hybridized carbons (Fsp3) is 0.125. The van der Waals surface area contributed by atoms with Gasteiger partial charge >= 0.3 is 0 Å². The van der Waals surface area contributed by atoms with E-state index in [4.69, 9.17) is 10.5 Å². The molecule has 150 valence electrons. The lowest BCUT2D eigenvalue weighted by Crippen LogP contribution is -2.20. The highest BCUT2D eigenvalue weighted by atomic mass is 16.5. The van der Waals surface area contributed by atoms with Crippen molar-refractivity contribution in [3.8, 4) is 11.6 Å². The molecule has 0 spiro atoms. The molecule has 0 unspecified atom stereocenters. The van der Waals surface area contributed by atoms with Crippen LogP contribution in [0.5, 0.6) is 11.6 Å². The summed E-state index contributed by atoms with van der Waals surface area (Å²) in [6.45, 7) is 4.66. The van der Waals surface area contributed by atoms with Gasteiger partial charge < -0.3 is 15.4 Å². The molecule has 0 amide bonds. The Bertz CT molecular complexity index is 1130. The zero-order chi connectivity index (χ0) is 20.9. The number of benzene rings is 2. The van der Waals surface area contributed by atoms with Crippen molar-refractivity contribution in [3.05, 3.63) is 95.9 Å². The average molecular weight is 397 g/mol. The van der Waals surface area contributed by atoms with Gasteiger partial charge in [0.15, 0.2) is 5.82 Å². The lowest BCUT2D eigenvalue weighted by atomic mass is 10.1. The number of aryl methyl sites for hydroxylation is 2. The van der Waals surface area contributed by atoms with Crippen LogP contribution >= 0.6 is 0 Å². The van der Waals surface area contributed by atoms with Crippen molar-refractivity contribution in [3.63, 3.8) is 0 Å². The van der Waals surface area contributed by atoms with Crippen molar-refractivity contribution in [2.24, 2.45) is 0 Å². The first-order valence-corrected chi connectivity index (χ1v) is 9.70. The summed E-state index contributed by atoms with van der Waals surface area (Å²) in [4.78, 5) is 15.2. The summed E-state index contributed by atoms with van der Waals surface area (Å²) in [6, 6.07) is 21.7. The second-order valence-corrected chi connectivity index (χ2v) is 7.02. The second kappa shape index (κ2) is 8.61. The molecule has 0 aliphatic rings. The predicted octanol–water partition coefficient (Wildman–Crippen LogP) is 5.20. The SMILES string of the molecule is Cc1ccc(Oc2ncnc(N(Cc3ccccc3)c3ccccn3)c2N)cc1C. The van der Waals surface area contributed by atoms with Crippen molar-refractivity contribution < 1.29 is 4.74 Å². The number of hydrogen-bond acceptors (Lipinski definition) is 6. The summed E-state index contributed by atoms with van der Waals surface area (Å²) in [5.74, 6) is 2.29. The van der Waals surface area contributed by atoms with Crippen molar-refractivity contribution in [2.75, 3.05) is 10.6 Å². The van der Waals surface area contributed by atoms with Crippen LogP contribution in [0.3, 0.4) is 0 Å². The standard InChI is InChI=1S/C24H23N5O/c1-17-11-12-20(14-18(17)2)30-24-22(25)23(27-16-28-24)29(21-10-6-7-13-26-21)15-19-8-4-3-5-9-19/h3-14,16H,15,25H2,1-2H3. The van der Waals surface area contributed by atoms with Gasteiger partial charge in [-0.25, -0.2) is 9.97 Å². The van der Waals surface area contributed by atoms with Crippen LogP contribution in [0.2, 0.25) is 0 Å². The van der Waals surface area contributed by atoms with E-state index in [0.29, 0.717) is 29.7 Å². The fourth-order valence-electron chi connectivity index (χ4n) is 3.10. The number of ether oxygens (including phenoxy) is 1. The third kappa shape index (κ3) is 4.22. The van der Waals surface area contributed by atoms with E-state index in [1.807, 2.05) is 66.4 Å². The highest BCUT2D eigenvalue weighted by Gasteiger charge is 2.19. The van der Waals surface area contributed by atoms with Crippen LogP contribution in [-0.2, 0) is 6.54 Å². The van der Waals surface area contributed by atoms with Crippen LogP contribution < -0.4 is 15.4 Å². The molecule has 6 nitrogen and oxygen atoms in total. The van der Waals surface area contributed by atoms with Crippen LogP contribution in [-0.4, -0.2) is 15.0 Å². The van der Waals surface area contributed by atoms with Gasteiger partial charge in [-0.1, -0.05) is 42.5 Å². The highest BCUT2D eigenvalue weighted by Crippen LogP contribution is 2.35. The zero-order valence-electron chi connectivity index (χ0n) is 17.0. The summed E-state index contributed by atoms with van der Waals surface area (Å²) >= 11 is 0. The van der Waals surface area contributed by atoms with Gasteiger partial charge in [0.2, 0.25) is 5.88 Å². The minimum atomic E-state index is 0.317. The van der Waals surface area contributed by atoms with E-state index in [1.165, 1.54) is 11.9 Å². The first-order valence-electron chi connectivity index (χ1n) is 9.70. The Morgan fingerprint density at radius 2 is 1.67 bits per heavy atom. The first-order chi connectivity index (χ1) is 14.6. The molecule has 0 fully saturated rings. The lowest BCUT2D eigenvalue weighted by molar-refractivity contribution is 0.463. The number of anilines is 3. The van der Waals surface area contributed by atoms with Crippen molar-refractivity contribution in [2.45, 2.75) is 20.4 Å². The molecule has 0 atom stereocenters. The van der Waals surface area contributed by atoms with Gasteiger partial charge in [0.05, 0.1) is 6.54 Å². The molecule has 2 aromatic heterocycles. The average Bonchev–Trinajstić information content (AvgIpc) is 2.78. The molecular formula is C24H23N5O. The van der Waals surface area contributed by atoms with Gasteiger partial charge in [0.25, 0.3) is 0 Å². The monoisotopic (exact) mass is 397 g/mol. The Morgan fingerprint density at radius 3 is 2.40 bits per heavy atom. The first kappa shape index (κ1) is 19.4. The van der Waals surface area contributed by atoms with E-state index in [-0.39, 0.29) is 0 Å². The molecule has 30 heavy (non-hydrogen) atoms. The van der Waals surface area contributed by atoms with Gasteiger partial charge in [-0.15, -0.1) is 0 Å². The van der Waals surface area contributed by atoms with E-state index < -0.39 is 0 Å². The molecule has 4 aromatic rings. The van der Waals surface area contributed by atoms with Gasteiger partial charge in [-0.05, 0) is 54.8 Å². The Kier molecular flexibility index (Phi) is 5.57. The van der Waals surface area contributed by atoms with Crippen LogP contribution in [0.4, 0.5) is 17.3 Å². The van der Waals surface area contributed by atoms with Gasteiger partial charge in [0.1, 0.15) is 23.6 Å². The number of aromatic nitrogens is 3. The van der Waals surface area contributed by atoms with Gasteiger partial charge in [0, 0.05) is 6.20 Å². The minimum Gasteiger partial charge on any atom is -0.437 e. The molecule has 0 saturated carbocycles. The predicted molar refractivity (Wildman–Crippen MR) is 119 cm³/mol. The molecule has 2 heterocycles. The highest BCUT2D eigenvalue weighted by molar-refractivity contribution is 5.73. The minimum absolute atomic E-state index is 0.317. The van der Waals surface area contributed by atoms with Crippen LogP contribution in [0.1, 0.15) is 16.7 Å². The molecular weight excluding hydrogens is 374 g/mol. The number of nitrogens with two attached hydrogens (primary N) is 1. The molecule has 4 rings (SSSR count). The molecule has 0 radical (unpaired) electrons. The zero-order valence-corrected chi connectivity index (χ0v) is 17.0. The third-order valence-electron chi connectivity index (χ3n) is 4.88. The van der Waals surface area contributed by atoms with E-state index in [0.717, 1.165) is 16.9 Å². The van der Waals surface area contributed by atoms with E-state index in [1.54, 1.807) is 6.20 Å². The number of nitrogens with zero attached hydrogens (tertiary/aromatic N) is 4. The smallest absolute Gasteiger partial charge is 0.248 e. The van der Waals surface area contributed by atoms with E-state index in [2.05, 4.69) is 34.0 Å². The Labute approximate surface area is 176 Å². The normalized spacial score (nSPS) is 10.6. The molecule has 2 aromatic carbocycles. The topological polar surface area (TPSA) is 77.2 Å². The van der Waals surface area contributed by atoms with Crippen molar-refractivity contribution >= 4 is 17.3 Å². The Morgan fingerprint density at radius 1 is 0.867 bits per heavy atom. The maximum absolute atomic E-state index is 6.47. The van der Waals surface area contributed by atoms with Crippen molar-refractivity contribution in [1.82, 2.24) is 15.0 Å². The quantitative estimate of drug-likeness (QED) is 0.482. The number of rotatable bonds is 6. The number of pyridine rings is 1. The van der Waals surface area contributed by atoms with Gasteiger partial charge in [-0.3, -0.25) is 0 Å². The maximum atomic E-state index is 6.47. The summed E-state index contributed by atoms with van der Waals surface area (Å²) in [5, 5.41) is 0. The maximum Gasteiger partial charge on any atom is 0.248 e. The molecule has 0 saturated heterocycles. The summed E-state index contributed by atoms with van der Waals surface area (Å²) < 4.78 is 6.00. The number of nitrogen functional groups attached to an aromatic ring is 1.